The van der Waals surface area contributed by atoms with Crippen LogP contribution in [-0.2, 0) is 4.74 Å². The highest BCUT2D eigenvalue weighted by atomic mass is 16.6. The standard InChI is InChI=1S/C11H22O3/c1-5-9-7(3)10(12)8(4)11(13,6-2)14-9/h7-10,12-13H,5-6H2,1-4H3/t7-,8-,9+,10+,11?/m1/s1. The minimum atomic E-state index is -1.15. The zero-order valence-corrected chi connectivity index (χ0v) is 9.53. The molecule has 3 heteroatoms. The van der Waals surface area contributed by atoms with Crippen molar-refractivity contribution in [3.63, 3.8) is 0 Å². The number of hydrogen-bond donors (Lipinski definition) is 2. The number of aliphatic hydroxyl groups excluding tert-OH is 1. The van der Waals surface area contributed by atoms with E-state index in [2.05, 4.69) is 0 Å². The van der Waals surface area contributed by atoms with Crippen molar-refractivity contribution in [2.24, 2.45) is 11.8 Å². The van der Waals surface area contributed by atoms with Gasteiger partial charge in [0.15, 0.2) is 5.79 Å². The second-order valence-corrected chi connectivity index (χ2v) is 4.40. The minimum absolute atomic E-state index is 0.0360. The summed E-state index contributed by atoms with van der Waals surface area (Å²) in [6, 6.07) is 0. The summed E-state index contributed by atoms with van der Waals surface area (Å²) in [4.78, 5) is 0. The molecule has 0 aromatic rings. The molecule has 1 rings (SSSR count). The third-order valence-corrected chi connectivity index (χ3v) is 3.61. The molecular formula is C11H22O3. The van der Waals surface area contributed by atoms with Crippen LogP contribution in [0.1, 0.15) is 40.5 Å². The van der Waals surface area contributed by atoms with Gasteiger partial charge in [0.2, 0.25) is 0 Å². The highest BCUT2D eigenvalue weighted by Gasteiger charge is 2.47. The molecule has 0 saturated carbocycles. The fourth-order valence-corrected chi connectivity index (χ4v) is 2.28. The lowest BCUT2D eigenvalue weighted by molar-refractivity contribution is -0.318. The Morgan fingerprint density at radius 3 is 2.29 bits per heavy atom. The van der Waals surface area contributed by atoms with Crippen molar-refractivity contribution >= 4 is 0 Å². The predicted molar refractivity (Wildman–Crippen MR) is 54.7 cm³/mol. The molecule has 0 radical (unpaired) electrons. The molecule has 1 unspecified atom stereocenters. The van der Waals surface area contributed by atoms with Gasteiger partial charge in [0.25, 0.3) is 0 Å². The van der Waals surface area contributed by atoms with Crippen LogP contribution >= 0.6 is 0 Å². The molecule has 5 atom stereocenters. The maximum Gasteiger partial charge on any atom is 0.170 e. The Morgan fingerprint density at radius 1 is 1.29 bits per heavy atom. The van der Waals surface area contributed by atoms with Crippen LogP contribution < -0.4 is 0 Å². The van der Waals surface area contributed by atoms with Crippen LogP contribution in [0.25, 0.3) is 0 Å². The monoisotopic (exact) mass is 202 g/mol. The van der Waals surface area contributed by atoms with Gasteiger partial charge >= 0.3 is 0 Å². The first-order chi connectivity index (χ1) is 6.46. The molecule has 1 heterocycles. The number of rotatable bonds is 2. The Bertz CT molecular complexity index is 193. The topological polar surface area (TPSA) is 49.7 Å². The number of ether oxygens (including phenoxy) is 1. The third-order valence-electron chi connectivity index (χ3n) is 3.61. The van der Waals surface area contributed by atoms with E-state index in [4.69, 9.17) is 4.74 Å². The lowest BCUT2D eigenvalue weighted by atomic mass is 9.79. The van der Waals surface area contributed by atoms with Crippen molar-refractivity contribution in [1.82, 2.24) is 0 Å². The Balaban J connectivity index is 2.84. The molecule has 1 aliphatic heterocycles. The normalized spacial score (nSPS) is 49.3. The van der Waals surface area contributed by atoms with Crippen LogP contribution in [0.3, 0.4) is 0 Å². The van der Waals surface area contributed by atoms with Gasteiger partial charge in [-0.2, -0.15) is 0 Å². The molecule has 2 N–H and O–H groups in total. The summed E-state index contributed by atoms with van der Waals surface area (Å²) in [6.07, 6.45) is 0.839. The summed E-state index contributed by atoms with van der Waals surface area (Å²) in [6.45, 7) is 7.72. The van der Waals surface area contributed by atoms with Crippen LogP contribution in [0.2, 0.25) is 0 Å². The maximum atomic E-state index is 10.2. The Kier molecular flexibility index (Phi) is 3.56. The Labute approximate surface area is 86.1 Å². The lowest BCUT2D eigenvalue weighted by Crippen LogP contribution is -2.56. The SMILES string of the molecule is CC[C@@H]1OC(O)(CC)[C@H](C)[C@@H](O)[C@@H]1C. The van der Waals surface area contributed by atoms with Crippen LogP contribution in [0.15, 0.2) is 0 Å². The van der Waals surface area contributed by atoms with Gasteiger partial charge in [0.1, 0.15) is 0 Å². The molecule has 0 amide bonds. The third kappa shape index (κ3) is 1.81. The number of hydrogen-bond acceptors (Lipinski definition) is 3. The van der Waals surface area contributed by atoms with Gasteiger partial charge in [-0.3, -0.25) is 0 Å². The van der Waals surface area contributed by atoms with Crippen molar-refractivity contribution in [2.45, 2.75) is 58.5 Å². The van der Waals surface area contributed by atoms with Crippen molar-refractivity contribution in [3.05, 3.63) is 0 Å². The molecular weight excluding hydrogens is 180 g/mol. The van der Waals surface area contributed by atoms with Crippen LogP contribution in [0, 0.1) is 11.8 Å². The Hall–Kier alpha value is -0.120. The van der Waals surface area contributed by atoms with Crippen molar-refractivity contribution in [3.8, 4) is 0 Å². The molecule has 0 bridgehead atoms. The molecule has 14 heavy (non-hydrogen) atoms. The smallest absolute Gasteiger partial charge is 0.170 e. The maximum absolute atomic E-state index is 10.2. The first-order valence-electron chi connectivity index (χ1n) is 5.54. The lowest BCUT2D eigenvalue weighted by Gasteiger charge is -2.47. The van der Waals surface area contributed by atoms with Crippen molar-refractivity contribution in [2.75, 3.05) is 0 Å². The van der Waals surface area contributed by atoms with Crippen molar-refractivity contribution < 1.29 is 14.9 Å². The molecule has 0 spiro atoms. The van der Waals surface area contributed by atoms with E-state index in [9.17, 15) is 10.2 Å². The second-order valence-electron chi connectivity index (χ2n) is 4.40. The van der Waals surface area contributed by atoms with Gasteiger partial charge in [0, 0.05) is 11.8 Å². The van der Waals surface area contributed by atoms with Gasteiger partial charge in [-0.25, -0.2) is 0 Å². The Morgan fingerprint density at radius 2 is 1.86 bits per heavy atom. The van der Waals surface area contributed by atoms with Crippen LogP contribution in [0.5, 0.6) is 0 Å². The summed E-state index contributed by atoms with van der Waals surface area (Å²) in [5.74, 6) is -1.26. The zero-order chi connectivity index (χ0) is 10.9. The quantitative estimate of drug-likeness (QED) is 0.714. The first-order valence-corrected chi connectivity index (χ1v) is 5.54. The average Bonchev–Trinajstić information content (AvgIpc) is 2.20. The fourth-order valence-electron chi connectivity index (χ4n) is 2.28. The first kappa shape index (κ1) is 12.0. The van der Waals surface area contributed by atoms with Crippen LogP contribution in [0.4, 0.5) is 0 Å². The predicted octanol–water partition coefficient (Wildman–Crippen LogP) is 1.53. The van der Waals surface area contributed by atoms with E-state index in [1.165, 1.54) is 0 Å². The second kappa shape index (κ2) is 4.17. The molecule has 0 aromatic carbocycles. The summed E-state index contributed by atoms with van der Waals surface area (Å²) in [5.41, 5.74) is 0. The summed E-state index contributed by atoms with van der Waals surface area (Å²) < 4.78 is 5.66. The molecule has 1 fully saturated rings. The molecule has 0 aliphatic carbocycles. The fraction of sp³-hybridized carbons (Fsp3) is 1.00. The van der Waals surface area contributed by atoms with E-state index in [-0.39, 0.29) is 17.9 Å². The van der Waals surface area contributed by atoms with Gasteiger partial charge in [-0.1, -0.05) is 27.7 Å². The van der Waals surface area contributed by atoms with E-state index in [0.29, 0.717) is 6.42 Å². The van der Waals surface area contributed by atoms with Gasteiger partial charge < -0.3 is 14.9 Å². The highest BCUT2D eigenvalue weighted by molar-refractivity contribution is 4.90. The van der Waals surface area contributed by atoms with Gasteiger partial charge in [-0.05, 0) is 12.8 Å². The zero-order valence-electron chi connectivity index (χ0n) is 9.53. The molecule has 0 aromatic heterocycles. The molecule has 3 nitrogen and oxygen atoms in total. The highest BCUT2D eigenvalue weighted by Crippen LogP contribution is 2.38. The summed E-state index contributed by atoms with van der Waals surface area (Å²) in [7, 11) is 0. The van der Waals surface area contributed by atoms with E-state index in [1.54, 1.807) is 0 Å². The van der Waals surface area contributed by atoms with E-state index < -0.39 is 11.9 Å². The van der Waals surface area contributed by atoms with Gasteiger partial charge in [-0.15, -0.1) is 0 Å². The van der Waals surface area contributed by atoms with E-state index in [0.717, 1.165) is 6.42 Å². The molecule has 84 valence electrons. The summed E-state index contributed by atoms with van der Waals surface area (Å²) >= 11 is 0. The summed E-state index contributed by atoms with van der Waals surface area (Å²) in [5, 5.41) is 20.1. The molecule has 1 saturated heterocycles. The number of aliphatic hydroxyl groups is 2. The minimum Gasteiger partial charge on any atom is -0.392 e. The average molecular weight is 202 g/mol. The van der Waals surface area contributed by atoms with Crippen molar-refractivity contribution in [1.29, 1.82) is 0 Å². The van der Waals surface area contributed by atoms with E-state index in [1.807, 2.05) is 27.7 Å². The largest absolute Gasteiger partial charge is 0.392 e. The molecule has 1 aliphatic rings. The van der Waals surface area contributed by atoms with Crippen LogP contribution in [-0.4, -0.2) is 28.2 Å². The van der Waals surface area contributed by atoms with Gasteiger partial charge in [0.05, 0.1) is 12.2 Å². The van der Waals surface area contributed by atoms with E-state index >= 15 is 0 Å².